The maximum Gasteiger partial charge on any atom is 0.260 e. The second kappa shape index (κ2) is 2.70. The van der Waals surface area contributed by atoms with E-state index in [9.17, 15) is 5.21 Å². The van der Waals surface area contributed by atoms with Crippen molar-refractivity contribution in [3.05, 3.63) is 5.21 Å². The summed E-state index contributed by atoms with van der Waals surface area (Å²) < 4.78 is 0. The lowest BCUT2D eigenvalue weighted by Crippen LogP contribution is -3.15. The first-order valence-electron chi connectivity index (χ1n) is 3.69. The summed E-state index contributed by atoms with van der Waals surface area (Å²) >= 11 is 0. The van der Waals surface area contributed by atoms with Crippen LogP contribution in [-0.4, -0.2) is 11.7 Å². The van der Waals surface area contributed by atoms with Crippen LogP contribution >= 0.6 is 0 Å². The molecule has 0 bridgehead atoms. The summed E-state index contributed by atoms with van der Waals surface area (Å²) in [7, 11) is 0. The topological polar surface area (TPSA) is 77.8 Å². The van der Waals surface area contributed by atoms with Gasteiger partial charge in [0.2, 0.25) is 4.91 Å². The predicted molar refractivity (Wildman–Crippen MR) is 38.7 cm³/mol. The molecule has 0 aromatic rings. The molecule has 11 heavy (non-hydrogen) atoms. The normalized spacial score (nSPS) is 34.8. The number of quaternary nitrogens is 1. The lowest BCUT2D eigenvalue weighted by Gasteiger charge is -2.31. The fourth-order valence-corrected chi connectivity index (χ4v) is 1.38. The minimum Gasteiger partial charge on any atom is -0.632 e. The van der Waals surface area contributed by atoms with Crippen molar-refractivity contribution in [1.82, 2.24) is 4.91 Å². The van der Waals surface area contributed by atoms with Crippen molar-refractivity contribution in [3.8, 4) is 0 Å². The Hall–Kier alpha value is -0.770. The Labute approximate surface area is 65.2 Å². The Bertz CT molecular complexity index is 197. The summed E-state index contributed by atoms with van der Waals surface area (Å²) in [6.07, 6.45) is 1.26. The maximum absolute atomic E-state index is 11.4. The van der Waals surface area contributed by atoms with E-state index in [-0.39, 0.29) is 16.8 Å². The quantitative estimate of drug-likeness (QED) is 0.309. The highest BCUT2D eigenvalue weighted by Gasteiger charge is 2.41. The second-order valence-electron chi connectivity index (χ2n) is 3.52. The van der Waals surface area contributed by atoms with Gasteiger partial charge in [-0.25, -0.2) is 0 Å². The Balaban J connectivity index is 2.70. The molecule has 2 atom stereocenters. The van der Waals surface area contributed by atoms with Gasteiger partial charge in [0.05, 0.1) is 5.54 Å². The molecule has 1 rings (SSSR count). The molecule has 1 saturated heterocycles. The van der Waals surface area contributed by atoms with Gasteiger partial charge in [-0.2, -0.15) is 0 Å². The largest absolute Gasteiger partial charge is 0.632 e. The molecule has 0 spiro atoms. The highest BCUT2D eigenvalue weighted by Crippen LogP contribution is 2.16. The summed E-state index contributed by atoms with van der Waals surface area (Å²) in [6.45, 7) is 3.82. The molecular weight excluding hydrogens is 144 g/mol. The van der Waals surface area contributed by atoms with Gasteiger partial charge < -0.3 is 10.3 Å². The van der Waals surface area contributed by atoms with E-state index in [4.69, 9.17) is 5.53 Å². The van der Waals surface area contributed by atoms with Gasteiger partial charge >= 0.3 is 0 Å². The standard InChI is InChI=1S/C6H13N4O/c1-6(2)4-3-5(8-9-7)10(6)11/h5,7,10H,3-4H2,1-2H3/q+1. The molecule has 0 aliphatic carbocycles. The number of rotatable bonds is 1. The van der Waals surface area contributed by atoms with Crippen LogP contribution in [0.15, 0.2) is 5.11 Å². The van der Waals surface area contributed by atoms with Crippen LogP contribution in [0, 0.1) is 10.7 Å². The van der Waals surface area contributed by atoms with Crippen LogP contribution in [0.2, 0.25) is 0 Å². The van der Waals surface area contributed by atoms with E-state index in [2.05, 4.69) is 10.0 Å². The molecule has 2 unspecified atom stereocenters. The SMILES string of the molecule is CC1(C)CCC(N=[N+]=N)[NH+]1[O-]. The molecule has 0 radical (unpaired) electrons. The van der Waals surface area contributed by atoms with Crippen molar-refractivity contribution in [1.29, 1.82) is 5.53 Å². The van der Waals surface area contributed by atoms with Gasteiger partial charge in [0, 0.05) is 12.8 Å². The number of hydrogen-bond donors (Lipinski definition) is 2. The van der Waals surface area contributed by atoms with Crippen LogP contribution in [0.5, 0.6) is 0 Å². The molecular formula is C6H13N4O+. The van der Waals surface area contributed by atoms with Gasteiger partial charge in [0.25, 0.3) is 6.17 Å². The van der Waals surface area contributed by atoms with Crippen molar-refractivity contribution < 1.29 is 5.06 Å². The monoisotopic (exact) mass is 157 g/mol. The molecule has 1 heterocycles. The Morgan fingerprint density at radius 1 is 1.73 bits per heavy atom. The summed E-state index contributed by atoms with van der Waals surface area (Å²) in [5, 5.41) is 15.0. The Morgan fingerprint density at radius 3 is 2.73 bits per heavy atom. The number of hydrogen-bond acceptors (Lipinski definition) is 3. The van der Waals surface area contributed by atoms with Crippen LogP contribution < -0.4 is 9.97 Å². The van der Waals surface area contributed by atoms with Gasteiger partial charge in [-0.05, 0) is 13.8 Å². The van der Waals surface area contributed by atoms with E-state index in [1.54, 1.807) is 0 Å². The predicted octanol–water partition coefficient (Wildman–Crippen LogP) is -0.182. The van der Waals surface area contributed by atoms with Crippen LogP contribution in [0.4, 0.5) is 0 Å². The van der Waals surface area contributed by atoms with Gasteiger partial charge in [0.1, 0.15) is 5.53 Å². The fraction of sp³-hybridized carbons (Fsp3) is 1.00. The van der Waals surface area contributed by atoms with Gasteiger partial charge in [-0.3, -0.25) is 0 Å². The lowest BCUT2D eigenvalue weighted by atomic mass is 10.0. The van der Waals surface area contributed by atoms with Crippen molar-refractivity contribution >= 4 is 0 Å². The Kier molecular flexibility index (Phi) is 2.04. The van der Waals surface area contributed by atoms with E-state index in [1.165, 1.54) is 0 Å². The lowest BCUT2D eigenvalue weighted by molar-refractivity contribution is -0.909. The van der Waals surface area contributed by atoms with Crippen LogP contribution in [0.1, 0.15) is 26.7 Å². The first-order chi connectivity index (χ1) is 5.08. The third-order valence-electron chi connectivity index (χ3n) is 2.21. The summed E-state index contributed by atoms with van der Waals surface area (Å²) in [5.74, 6) is 0. The molecule has 1 aliphatic rings. The zero-order chi connectivity index (χ0) is 8.48. The zero-order valence-corrected chi connectivity index (χ0v) is 6.79. The van der Waals surface area contributed by atoms with Crippen LogP contribution in [0.25, 0.3) is 0 Å². The molecule has 5 heteroatoms. The van der Waals surface area contributed by atoms with Gasteiger partial charge in [-0.1, -0.05) is 0 Å². The van der Waals surface area contributed by atoms with Crippen LogP contribution in [-0.2, 0) is 0 Å². The first kappa shape index (κ1) is 8.33. The summed E-state index contributed by atoms with van der Waals surface area (Å²) in [6, 6.07) is 0. The van der Waals surface area contributed by atoms with Crippen molar-refractivity contribution in [3.63, 3.8) is 0 Å². The third kappa shape index (κ3) is 1.45. The van der Waals surface area contributed by atoms with Crippen molar-refractivity contribution in [2.24, 2.45) is 5.11 Å². The number of hydroxylamine groups is 2. The molecule has 0 amide bonds. The average Bonchev–Trinajstić information content (AvgIpc) is 2.17. The molecule has 1 aliphatic heterocycles. The zero-order valence-electron chi connectivity index (χ0n) is 6.79. The average molecular weight is 157 g/mol. The van der Waals surface area contributed by atoms with Gasteiger partial charge in [0.15, 0.2) is 5.11 Å². The summed E-state index contributed by atoms with van der Waals surface area (Å²) in [4.78, 5) is 2.89. The van der Waals surface area contributed by atoms with E-state index < -0.39 is 0 Å². The summed E-state index contributed by atoms with van der Waals surface area (Å²) in [5.41, 5.74) is 6.24. The fourth-order valence-electron chi connectivity index (χ4n) is 1.38. The van der Waals surface area contributed by atoms with E-state index in [0.717, 1.165) is 12.8 Å². The number of nitrogens with zero attached hydrogens (tertiary/aromatic N) is 2. The first-order valence-corrected chi connectivity index (χ1v) is 3.69. The highest BCUT2D eigenvalue weighted by molar-refractivity contribution is 4.76. The molecule has 5 nitrogen and oxygen atoms in total. The molecule has 1 fully saturated rings. The van der Waals surface area contributed by atoms with Crippen LogP contribution in [0.3, 0.4) is 0 Å². The smallest absolute Gasteiger partial charge is 0.260 e. The molecule has 0 saturated carbocycles. The molecule has 2 N–H and O–H groups in total. The van der Waals surface area contributed by atoms with Crippen molar-refractivity contribution in [2.45, 2.75) is 38.4 Å². The van der Waals surface area contributed by atoms with E-state index in [0.29, 0.717) is 0 Å². The molecule has 0 aromatic carbocycles. The highest BCUT2D eigenvalue weighted by atomic mass is 16.5. The van der Waals surface area contributed by atoms with E-state index >= 15 is 0 Å². The maximum atomic E-state index is 11.4. The number of nitrogens with one attached hydrogen (secondary N) is 2. The minimum absolute atomic E-state index is 0.119. The van der Waals surface area contributed by atoms with Crippen molar-refractivity contribution in [2.75, 3.05) is 0 Å². The molecule has 0 aromatic heterocycles. The van der Waals surface area contributed by atoms with E-state index in [1.807, 2.05) is 13.8 Å². The minimum atomic E-state index is -0.345. The molecule has 62 valence electrons. The Morgan fingerprint density at radius 2 is 2.36 bits per heavy atom. The van der Waals surface area contributed by atoms with Gasteiger partial charge in [-0.15, -0.1) is 0 Å². The third-order valence-corrected chi connectivity index (χ3v) is 2.21. The second-order valence-corrected chi connectivity index (χ2v) is 3.52.